The molecule has 0 atom stereocenters. The maximum Gasteiger partial charge on any atom is 0.246 e. The summed E-state index contributed by atoms with van der Waals surface area (Å²) in [6.07, 6.45) is 2.85. The van der Waals surface area contributed by atoms with Crippen LogP contribution >= 0.6 is 11.6 Å². The Hall–Kier alpha value is -3.83. The third-order valence-corrected chi connectivity index (χ3v) is 7.91. The number of hydrogen-bond donors (Lipinski definition) is 1. The lowest BCUT2D eigenvalue weighted by Gasteiger charge is -2.43. The first-order valence-electron chi connectivity index (χ1n) is 12.7. The predicted molar refractivity (Wildman–Crippen MR) is 148 cm³/mol. The number of piperazine rings is 1. The van der Waals surface area contributed by atoms with Gasteiger partial charge in [0.05, 0.1) is 16.7 Å². The highest BCUT2D eigenvalue weighted by Crippen LogP contribution is 2.42. The van der Waals surface area contributed by atoms with Gasteiger partial charge < -0.3 is 19.6 Å². The number of benzene rings is 2. The molecule has 0 aliphatic carbocycles. The van der Waals surface area contributed by atoms with Crippen LogP contribution in [0.4, 0.5) is 20.5 Å². The molecule has 4 aromatic rings. The van der Waals surface area contributed by atoms with E-state index in [1.54, 1.807) is 23.2 Å². The van der Waals surface area contributed by atoms with Crippen LogP contribution in [0.15, 0.2) is 37.1 Å². The number of carbonyl (C=O) groups is 1. The number of fused-ring (bicyclic) bond motifs is 2. The Bertz CT molecular complexity index is 1610. The van der Waals surface area contributed by atoms with E-state index >= 15 is 8.78 Å². The monoisotopic (exact) mass is 552 g/mol. The van der Waals surface area contributed by atoms with Crippen molar-refractivity contribution in [3.8, 4) is 11.1 Å². The van der Waals surface area contributed by atoms with Crippen LogP contribution in [-0.2, 0) is 4.79 Å². The molecular formula is C27H27ClF2N8O. The molecule has 4 heterocycles. The summed E-state index contributed by atoms with van der Waals surface area (Å²) in [4.78, 5) is 29.4. The third kappa shape index (κ3) is 4.25. The zero-order valence-electron chi connectivity index (χ0n) is 21.6. The summed E-state index contributed by atoms with van der Waals surface area (Å²) in [6, 6.07) is 4.78. The zero-order chi connectivity index (χ0) is 27.4. The van der Waals surface area contributed by atoms with Crippen molar-refractivity contribution in [1.82, 2.24) is 30.0 Å². The summed E-state index contributed by atoms with van der Waals surface area (Å²) < 4.78 is 31.6. The molecule has 0 radical (unpaired) electrons. The molecule has 6 rings (SSSR count). The van der Waals surface area contributed by atoms with Gasteiger partial charge in [-0.25, -0.2) is 13.8 Å². The highest BCUT2D eigenvalue weighted by molar-refractivity contribution is 6.35. The smallest absolute Gasteiger partial charge is 0.246 e. The standard InChI is InChI=1S/C27H27ClF2N8O/c1-4-20(39)36-7-9-37(10-8-36)26-17-11-18(28)21(22-19(29)6-5-15-12-31-34-24(15)22)23(30)25(17)32-27(33-26)38-13-16(14-38)35(2)3/h4-6,11-12,16H,1,7-10,13-14H2,2-3H3,(H,31,34). The van der Waals surface area contributed by atoms with E-state index in [0.29, 0.717) is 73.4 Å². The molecule has 0 spiro atoms. The van der Waals surface area contributed by atoms with E-state index in [1.807, 2.05) is 23.9 Å². The molecule has 9 nitrogen and oxygen atoms in total. The summed E-state index contributed by atoms with van der Waals surface area (Å²) in [7, 11) is 4.02. The van der Waals surface area contributed by atoms with E-state index < -0.39 is 11.6 Å². The molecular weight excluding hydrogens is 526 g/mol. The number of likely N-dealkylation sites (N-methyl/N-ethyl adjacent to an activating group) is 1. The lowest BCUT2D eigenvalue weighted by atomic mass is 9.99. The Morgan fingerprint density at radius 2 is 1.87 bits per heavy atom. The first-order valence-corrected chi connectivity index (χ1v) is 13.0. The molecule has 2 aliphatic rings. The van der Waals surface area contributed by atoms with Gasteiger partial charge in [-0.05, 0) is 38.4 Å². The number of carbonyl (C=O) groups excluding carboxylic acids is 1. The summed E-state index contributed by atoms with van der Waals surface area (Å²) in [5, 5.41) is 7.86. The number of amides is 1. The Morgan fingerprint density at radius 3 is 2.56 bits per heavy atom. The third-order valence-electron chi connectivity index (χ3n) is 7.61. The number of nitrogens with one attached hydrogen (secondary N) is 1. The van der Waals surface area contributed by atoms with Crippen LogP contribution in [0.3, 0.4) is 0 Å². The number of nitrogens with zero attached hydrogens (tertiary/aromatic N) is 7. The average Bonchev–Trinajstić information content (AvgIpc) is 3.37. The van der Waals surface area contributed by atoms with Crippen LogP contribution in [0.25, 0.3) is 32.9 Å². The van der Waals surface area contributed by atoms with Gasteiger partial charge in [0, 0.05) is 67.2 Å². The zero-order valence-corrected chi connectivity index (χ0v) is 22.3. The highest BCUT2D eigenvalue weighted by Gasteiger charge is 2.33. The minimum atomic E-state index is -0.728. The topological polar surface area (TPSA) is 84.5 Å². The fourth-order valence-corrected chi connectivity index (χ4v) is 5.51. The molecule has 2 aromatic carbocycles. The second kappa shape index (κ2) is 9.73. The maximum absolute atomic E-state index is 16.5. The summed E-state index contributed by atoms with van der Waals surface area (Å²) in [5.74, 6) is -0.560. The second-order valence-corrected chi connectivity index (χ2v) is 10.5. The summed E-state index contributed by atoms with van der Waals surface area (Å²) in [6.45, 7) is 6.90. The van der Waals surface area contributed by atoms with Gasteiger partial charge in [0.2, 0.25) is 11.9 Å². The van der Waals surface area contributed by atoms with Crippen molar-refractivity contribution in [3.05, 3.63) is 53.7 Å². The molecule has 12 heteroatoms. The average molecular weight is 553 g/mol. The van der Waals surface area contributed by atoms with Gasteiger partial charge in [0.25, 0.3) is 0 Å². The van der Waals surface area contributed by atoms with Gasteiger partial charge in [-0.15, -0.1) is 0 Å². The summed E-state index contributed by atoms with van der Waals surface area (Å²) in [5.41, 5.74) is 0.333. The number of H-pyrrole nitrogens is 1. The Kier molecular flexibility index (Phi) is 6.35. The molecule has 0 unspecified atom stereocenters. The van der Waals surface area contributed by atoms with Crippen molar-refractivity contribution in [3.63, 3.8) is 0 Å². The molecule has 39 heavy (non-hydrogen) atoms. The van der Waals surface area contributed by atoms with Crippen LogP contribution in [-0.4, -0.2) is 95.3 Å². The van der Waals surface area contributed by atoms with Crippen molar-refractivity contribution >= 4 is 51.1 Å². The maximum atomic E-state index is 16.5. The van der Waals surface area contributed by atoms with Gasteiger partial charge in [-0.1, -0.05) is 18.2 Å². The molecule has 0 saturated carbocycles. The van der Waals surface area contributed by atoms with Gasteiger partial charge in [0.1, 0.15) is 17.2 Å². The fourth-order valence-electron chi connectivity index (χ4n) is 5.23. The van der Waals surface area contributed by atoms with Gasteiger partial charge in [0.15, 0.2) is 5.82 Å². The van der Waals surface area contributed by atoms with Crippen LogP contribution in [0.1, 0.15) is 0 Å². The number of aromatic amines is 1. The largest absolute Gasteiger partial charge is 0.352 e. The van der Waals surface area contributed by atoms with Crippen molar-refractivity contribution in [1.29, 1.82) is 0 Å². The van der Waals surface area contributed by atoms with Crippen LogP contribution in [0, 0.1) is 11.6 Å². The van der Waals surface area contributed by atoms with Crippen LogP contribution in [0.5, 0.6) is 0 Å². The van der Waals surface area contributed by atoms with E-state index in [9.17, 15) is 4.79 Å². The molecule has 1 amide bonds. The normalized spacial score (nSPS) is 16.4. The fraction of sp³-hybridized carbons (Fsp3) is 0.333. The second-order valence-electron chi connectivity index (χ2n) is 10.1. The van der Waals surface area contributed by atoms with Crippen molar-refractivity contribution in [2.45, 2.75) is 6.04 Å². The quantitative estimate of drug-likeness (QED) is 0.378. The van der Waals surface area contributed by atoms with E-state index in [0.717, 1.165) is 0 Å². The molecule has 2 saturated heterocycles. The van der Waals surface area contributed by atoms with Gasteiger partial charge >= 0.3 is 0 Å². The first kappa shape index (κ1) is 25.4. The van der Waals surface area contributed by atoms with Crippen molar-refractivity contribution < 1.29 is 13.6 Å². The lowest BCUT2D eigenvalue weighted by Crippen LogP contribution is -2.58. The molecule has 202 valence electrons. The summed E-state index contributed by atoms with van der Waals surface area (Å²) >= 11 is 6.68. The molecule has 2 aliphatic heterocycles. The van der Waals surface area contributed by atoms with Gasteiger partial charge in [-0.3, -0.25) is 9.89 Å². The van der Waals surface area contributed by atoms with Crippen molar-refractivity contribution in [2.24, 2.45) is 0 Å². The van der Waals surface area contributed by atoms with Gasteiger partial charge in [-0.2, -0.15) is 10.1 Å². The number of anilines is 2. The number of hydrogen-bond acceptors (Lipinski definition) is 7. The minimum absolute atomic E-state index is 0.00397. The Morgan fingerprint density at radius 1 is 1.13 bits per heavy atom. The first-order chi connectivity index (χ1) is 18.8. The number of halogens is 3. The minimum Gasteiger partial charge on any atom is -0.352 e. The molecule has 2 aromatic heterocycles. The number of aromatic nitrogens is 4. The van der Waals surface area contributed by atoms with E-state index in [1.165, 1.54) is 12.1 Å². The van der Waals surface area contributed by atoms with E-state index in [4.69, 9.17) is 16.6 Å². The number of rotatable bonds is 5. The van der Waals surface area contributed by atoms with Crippen LogP contribution in [0.2, 0.25) is 5.02 Å². The van der Waals surface area contributed by atoms with Crippen molar-refractivity contribution in [2.75, 3.05) is 63.2 Å². The SMILES string of the molecule is C=CC(=O)N1CCN(c2nc(N3CC(N(C)C)C3)nc3c(F)c(-c4c(F)ccc5cn[nH]c45)c(Cl)cc23)CC1. The lowest BCUT2D eigenvalue weighted by molar-refractivity contribution is -0.126. The highest BCUT2D eigenvalue weighted by atomic mass is 35.5. The van der Waals surface area contributed by atoms with E-state index in [-0.39, 0.29) is 27.6 Å². The Labute approximate surface area is 228 Å². The van der Waals surface area contributed by atoms with E-state index in [2.05, 4.69) is 26.7 Å². The Balaban J connectivity index is 1.50. The molecule has 0 bridgehead atoms. The predicted octanol–water partition coefficient (Wildman–Crippen LogP) is 3.69. The molecule has 1 N–H and O–H groups in total. The molecule has 2 fully saturated rings. The van der Waals surface area contributed by atoms with Crippen LogP contribution < -0.4 is 9.80 Å².